The van der Waals surface area contributed by atoms with Crippen LogP contribution < -0.4 is 4.74 Å². The van der Waals surface area contributed by atoms with Gasteiger partial charge in [0.05, 0.1) is 12.1 Å². The maximum Gasteiger partial charge on any atom is 0.193 e. The normalized spacial score (nSPS) is 10.3. The first-order valence-electron chi connectivity index (χ1n) is 5.66. The Balaban J connectivity index is 2.43. The van der Waals surface area contributed by atoms with E-state index in [2.05, 4.69) is 15.9 Å². The van der Waals surface area contributed by atoms with Gasteiger partial charge in [-0.15, -0.1) is 0 Å². The average molecular weight is 340 g/mol. The fraction of sp³-hybridized carbons (Fsp3) is 0.133. The van der Waals surface area contributed by atoms with Crippen molar-refractivity contribution in [3.63, 3.8) is 0 Å². The van der Waals surface area contributed by atoms with E-state index in [1.165, 1.54) is 7.11 Å². The van der Waals surface area contributed by atoms with Crippen LogP contribution in [0.1, 0.15) is 21.5 Å². The fourth-order valence-electron chi connectivity index (χ4n) is 1.84. The van der Waals surface area contributed by atoms with Crippen molar-refractivity contribution in [2.75, 3.05) is 7.11 Å². The number of benzene rings is 2. The van der Waals surface area contributed by atoms with E-state index in [4.69, 9.17) is 16.3 Å². The Morgan fingerprint density at radius 2 is 1.89 bits per heavy atom. The summed E-state index contributed by atoms with van der Waals surface area (Å²) in [5, 5.41) is 0.490. The number of methoxy groups -OCH3 is 1. The van der Waals surface area contributed by atoms with Gasteiger partial charge in [0.25, 0.3) is 0 Å². The van der Waals surface area contributed by atoms with E-state index in [1.807, 2.05) is 19.1 Å². The lowest BCUT2D eigenvalue weighted by Crippen LogP contribution is -2.02. The molecule has 2 nitrogen and oxygen atoms in total. The smallest absolute Gasteiger partial charge is 0.193 e. The van der Waals surface area contributed by atoms with E-state index in [0.717, 1.165) is 10.0 Å². The SMILES string of the molecule is COc1cc(C(=O)c2cc(C)cc(Br)c2)ccc1Cl. The van der Waals surface area contributed by atoms with Crippen molar-refractivity contribution in [1.29, 1.82) is 0 Å². The van der Waals surface area contributed by atoms with Gasteiger partial charge in [0, 0.05) is 15.6 Å². The zero-order chi connectivity index (χ0) is 14.0. The second kappa shape index (κ2) is 5.76. The van der Waals surface area contributed by atoms with E-state index in [-0.39, 0.29) is 5.78 Å². The zero-order valence-corrected chi connectivity index (χ0v) is 12.9. The summed E-state index contributed by atoms with van der Waals surface area (Å²) in [6.45, 7) is 1.95. The summed E-state index contributed by atoms with van der Waals surface area (Å²) in [6.07, 6.45) is 0. The Morgan fingerprint density at radius 1 is 1.16 bits per heavy atom. The summed E-state index contributed by atoms with van der Waals surface area (Å²) >= 11 is 9.35. The highest BCUT2D eigenvalue weighted by Gasteiger charge is 2.12. The van der Waals surface area contributed by atoms with E-state index in [9.17, 15) is 4.79 Å². The van der Waals surface area contributed by atoms with E-state index in [0.29, 0.717) is 21.9 Å². The monoisotopic (exact) mass is 338 g/mol. The van der Waals surface area contributed by atoms with Crippen LogP contribution in [0.3, 0.4) is 0 Å². The number of aryl methyl sites for hydroxylation is 1. The van der Waals surface area contributed by atoms with Crippen LogP contribution in [0.4, 0.5) is 0 Å². The van der Waals surface area contributed by atoms with Gasteiger partial charge in [0.1, 0.15) is 5.75 Å². The zero-order valence-electron chi connectivity index (χ0n) is 10.5. The minimum Gasteiger partial charge on any atom is -0.495 e. The van der Waals surface area contributed by atoms with E-state index < -0.39 is 0 Å². The number of hydrogen-bond donors (Lipinski definition) is 0. The Morgan fingerprint density at radius 3 is 2.53 bits per heavy atom. The number of halogens is 2. The molecule has 0 fully saturated rings. The van der Waals surface area contributed by atoms with Gasteiger partial charge >= 0.3 is 0 Å². The van der Waals surface area contributed by atoms with Crippen LogP contribution in [0.15, 0.2) is 40.9 Å². The van der Waals surface area contributed by atoms with Crippen LogP contribution in [0, 0.1) is 6.92 Å². The standard InChI is InChI=1S/C15H12BrClO2/c1-9-5-11(7-12(16)6-9)15(18)10-3-4-13(17)14(8-10)19-2/h3-8H,1-2H3. The molecule has 0 aliphatic rings. The number of carbonyl (C=O) groups is 1. The number of rotatable bonds is 3. The molecule has 4 heteroatoms. The third kappa shape index (κ3) is 3.17. The molecule has 98 valence electrons. The minimum absolute atomic E-state index is 0.0561. The Hall–Kier alpha value is -1.32. The molecule has 2 rings (SSSR count). The van der Waals surface area contributed by atoms with Gasteiger partial charge in [-0.25, -0.2) is 0 Å². The lowest BCUT2D eigenvalue weighted by Gasteiger charge is -2.07. The Kier molecular flexibility index (Phi) is 4.27. The lowest BCUT2D eigenvalue weighted by atomic mass is 10.0. The molecule has 2 aromatic rings. The second-order valence-electron chi connectivity index (χ2n) is 4.20. The van der Waals surface area contributed by atoms with Crippen LogP contribution in [0.5, 0.6) is 5.75 Å². The molecule has 0 aliphatic carbocycles. The van der Waals surface area contributed by atoms with E-state index >= 15 is 0 Å². The maximum atomic E-state index is 12.4. The molecule has 0 spiro atoms. The van der Waals surface area contributed by atoms with Gasteiger partial charge in [-0.1, -0.05) is 27.5 Å². The van der Waals surface area contributed by atoms with Gasteiger partial charge in [0.2, 0.25) is 0 Å². The molecule has 0 aromatic heterocycles. The number of ether oxygens (including phenoxy) is 1. The maximum absolute atomic E-state index is 12.4. The fourth-order valence-corrected chi connectivity index (χ4v) is 2.64. The molecule has 0 N–H and O–H groups in total. The molecular weight excluding hydrogens is 328 g/mol. The highest BCUT2D eigenvalue weighted by atomic mass is 79.9. The lowest BCUT2D eigenvalue weighted by molar-refractivity contribution is 0.103. The van der Waals surface area contributed by atoms with Crippen molar-refractivity contribution in [2.24, 2.45) is 0 Å². The highest BCUT2D eigenvalue weighted by molar-refractivity contribution is 9.10. The third-order valence-corrected chi connectivity index (χ3v) is 3.49. The van der Waals surface area contributed by atoms with Gasteiger partial charge in [0.15, 0.2) is 5.78 Å². The predicted molar refractivity (Wildman–Crippen MR) is 80.3 cm³/mol. The Bertz CT molecular complexity index is 618. The molecule has 0 saturated heterocycles. The van der Waals surface area contributed by atoms with Gasteiger partial charge in [-0.3, -0.25) is 4.79 Å². The molecule has 0 aliphatic heterocycles. The summed E-state index contributed by atoms with van der Waals surface area (Å²) in [6, 6.07) is 10.6. The van der Waals surface area contributed by atoms with Gasteiger partial charge < -0.3 is 4.74 Å². The minimum atomic E-state index is -0.0561. The van der Waals surface area contributed by atoms with Crippen molar-refractivity contribution >= 4 is 33.3 Å². The molecule has 0 amide bonds. The van der Waals surface area contributed by atoms with Gasteiger partial charge in [-0.05, 0) is 48.9 Å². The third-order valence-electron chi connectivity index (χ3n) is 2.72. The van der Waals surface area contributed by atoms with Crippen molar-refractivity contribution in [3.8, 4) is 5.75 Å². The summed E-state index contributed by atoms with van der Waals surface area (Å²) in [4.78, 5) is 12.4. The van der Waals surface area contributed by atoms with Gasteiger partial charge in [-0.2, -0.15) is 0 Å². The molecular formula is C15H12BrClO2. The first-order chi connectivity index (χ1) is 9.01. The van der Waals surface area contributed by atoms with Crippen molar-refractivity contribution in [1.82, 2.24) is 0 Å². The molecule has 0 atom stereocenters. The molecule has 0 radical (unpaired) electrons. The second-order valence-corrected chi connectivity index (χ2v) is 5.52. The van der Waals surface area contributed by atoms with Crippen LogP contribution in [-0.2, 0) is 0 Å². The summed E-state index contributed by atoms with van der Waals surface area (Å²) < 4.78 is 6.01. The molecule has 0 saturated carbocycles. The van der Waals surface area contributed by atoms with Crippen molar-refractivity contribution in [3.05, 3.63) is 62.6 Å². The van der Waals surface area contributed by atoms with Crippen molar-refractivity contribution < 1.29 is 9.53 Å². The van der Waals surface area contributed by atoms with Crippen molar-refractivity contribution in [2.45, 2.75) is 6.92 Å². The van der Waals surface area contributed by atoms with Crippen LogP contribution in [0.25, 0.3) is 0 Å². The van der Waals surface area contributed by atoms with Crippen LogP contribution >= 0.6 is 27.5 Å². The average Bonchev–Trinajstić information content (AvgIpc) is 2.37. The summed E-state index contributed by atoms with van der Waals surface area (Å²) in [7, 11) is 1.53. The first-order valence-corrected chi connectivity index (χ1v) is 6.84. The summed E-state index contributed by atoms with van der Waals surface area (Å²) in [5.74, 6) is 0.443. The van der Waals surface area contributed by atoms with Crippen LogP contribution in [-0.4, -0.2) is 12.9 Å². The molecule has 0 bridgehead atoms. The number of ketones is 1. The first kappa shape index (κ1) is 14.1. The summed E-state index contributed by atoms with van der Waals surface area (Å²) in [5.41, 5.74) is 2.22. The largest absolute Gasteiger partial charge is 0.495 e. The molecule has 2 aromatic carbocycles. The topological polar surface area (TPSA) is 26.3 Å². The van der Waals surface area contributed by atoms with E-state index in [1.54, 1.807) is 24.3 Å². The molecule has 0 unspecified atom stereocenters. The Labute approximate surface area is 125 Å². The molecule has 0 heterocycles. The predicted octanol–water partition coefficient (Wildman–Crippen LogP) is 4.65. The molecule has 19 heavy (non-hydrogen) atoms. The number of carbonyl (C=O) groups excluding carboxylic acids is 1. The quantitative estimate of drug-likeness (QED) is 0.761. The highest BCUT2D eigenvalue weighted by Crippen LogP contribution is 2.27. The van der Waals surface area contributed by atoms with Crippen LogP contribution in [0.2, 0.25) is 5.02 Å². The number of hydrogen-bond acceptors (Lipinski definition) is 2.